The van der Waals surface area contributed by atoms with Gasteiger partial charge in [-0.2, -0.15) is 0 Å². The zero-order chi connectivity index (χ0) is 18.7. The van der Waals surface area contributed by atoms with E-state index < -0.39 is 10.0 Å². The number of hydrogen-bond acceptors (Lipinski definition) is 4. The van der Waals surface area contributed by atoms with Crippen molar-refractivity contribution in [3.63, 3.8) is 0 Å². The van der Waals surface area contributed by atoms with Crippen molar-refractivity contribution in [3.05, 3.63) is 53.1 Å². The lowest BCUT2D eigenvalue weighted by atomic mass is 10.2. The minimum Gasteiger partial charge on any atom is -0.369 e. The highest BCUT2D eigenvalue weighted by atomic mass is 35.5. The standard InChI is InChI=1S/C19H24ClN3O2S/c1-3-22-10-12-23(13-11-22)17-6-4-16(5-7-17)21-26(24,25)18-8-9-19(20)15(2)14-18/h4-9,14,21H,3,10-13H2,1-2H3. The van der Waals surface area contributed by atoms with Crippen LogP contribution in [-0.4, -0.2) is 46.0 Å². The van der Waals surface area contributed by atoms with Crippen molar-refractivity contribution >= 4 is 33.0 Å². The van der Waals surface area contributed by atoms with Gasteiger partial charge in [0.25, 0.3) is 10.0 Å². The first-order valence-corrected chi connectivity index (χ1v) is 10.6. The van der Waals surface area contributed by atoms with E-state index in [9.17, 15) is 8.42 Å². The number of halogens is 1. The smallest absolute Gasteiger partial charge is 0.261 e. The van der Waals surface area contributed by atoms with Crippen LogP contribution in [0.15, 0.2) is 47.4 Å². The Morgan fingerprint density at radius 1 is 1.04 bits per heavy atom. The van der Waals surface area contributed by atoms with E-state index in [1.165, 1.54) is 6.07 Å². The SMILES string of the molecule is CCN1CCN(c2ccc(NS(=O)(=O)c3ccc(Cl)c(C)c3)cc2)CC1. The van der Waals surface area contributed by atoms with E-state index in [1.807, 2.05) is 24.3 Å². The van der Waals surface area contributed by atoms with Gasteiger partial charge in [0.15, 0.2) is 0 Å². The molecule has 1 fully saturated rings. The molecule has 0 amide bonds. The van der Waals surface area contributed by atoms with Crippen molar-refractivity contribution < 1.29 is 8.42 Å². The molecule has 1 heterocycles. The molecule has 0 saturated carbocycles. The number of aryl methyl sites for hydroxylation is 1. The monoisotopic (exact) mass is 393 g/mol. The summed E-state index contributed by atoms with van der Waals surface area (Å²) in [6.07, 6.45) is 0. The van der Waals surface area contributed by atoms with Gasteiger partial charge in [-0.15, -0.1) is 0 Å². The Kier molecular flexibility index (Phi) is 5.75. The summed E-state index contributed by atoms with van der Waals surface area (Å²) in [4.78, 5) is 4.96. The molecule has 0 aromatic heterocycles. The zero-order valence-corrected chi connectivity index (χ0v) is 16.6. The molecule has 0 spiro atoms. The molecular formula is C19H24ClN3O2S. The summed E-state index contributed by atoms with van der Waals surface area (Å²) in [6, 6.07) is 12.2. The lowest BCUT2D eigenvalue weighted by Gasteiger charge is -2.35. The summed E-state index contributed by atoms with van der Waals surface area (Å²) in [5, 5.41) is 0.552. The van der Waals surface area contributed by atoms with Crippen LogP contribution in [0.3, 0.4) is 0 Å². The molecule has 0 radical (unpaired) electrons. The first-order chi connectivity index (χ1) is 12.4. The van der Waals surface area contributed by atoms with Crippen LogP contribution >= 0.6 is 11.6 Å². The summed E-state index contributed by atoms with van der Waals surface area (Å²) in [6.45, 7) is 9.14. The normalized spacial score (nSPS) is 15.9. The molecule has 7 heteroatoms. The van der Waals surface area contributed by atoms with Crippen LogP contribution in [0, 0.1) is 6.92 Å². The van der Waals surface area contributed by atoms with Gasteiger partial charge in [0.05, 0.1) is 4.90 Å². The van der Waals surface area contributed by atoms with Gasteiger partial charge in [-0.25, -0.2) is 8.42 Å². The Hall–Kier alpha value is -1.76. The number of hydrogen-bond donors (Lipinski definition) is 1. The van der Waals surface area contributed by atoms with Gasteiger partial charge in [0.1, 0.15) is 0 Å². The van der Waals surface area contributed by atoms with Crippen molar-refractivity contribution in [2.45, 2.75) is 18.7 Å². The average Bonchev–Trinajstić information content (AvgIpc) is 2.64. The maximum Gasteiger partial charge on any atom is 0.261 e. The maximum atomic E-state index is 12.6. The number of benzene rings is 2. The van der Waals surface area contributed by atoms with Gasteiger partial charge >= 0.3 is 0 Å². The Labute approximate surface area is 160 Å². The summed E-state index contributed by atoms with van der Waals surface area (Å²) in [7, 11) is -3.63. The third-order valence-corrected chi connectivity index (χ3v) is 6.55. The number of rotatable bonds is 5. The summed E-state index contributed by atoms with van der Waals surface area (Å²) >= 11 is 5.98. The number of nitrogens with one attached hydrogen (secondary N) is 1. The van der Waals surface area contributed by atoms with E-state index in [1.54, 1.807) is 19.1 Å². The highest BCUT2D eigenvalue weighted by molar-refractivity contribution is 7.92. The van der Waals surface area contributed by atoms with Crippen molar-refractivity contribution in [1.29, 1.82) is 0 Å². The number of anilines is 2. The van der Waals surface area contributed by atoms with Gasteiger partial charge in [-0.05, 0) is 61.5 Å². The molecule has 0 aliphatic carbocycles. The molecule has 26 heavy (non-hydrogen) atoms. The Bertz CT molecular complexity index is 861. The fourth-order valence-electron chi connectivity index (χ4n) is 3.06. The van der Waals surface area contributed by atoms with Crippen molar-refractivity contribution in [2.75, 3.05) is 42.3 Å². The van der Waals surface area contributed by atoms with Crippen LogP contribution in [0.1, 0.15) is 12.5 Å². The summed E-state index contributed by atoms with van der Waals surface area (Å²) in [5.74, 6) is 0. The van der Waals surface area contributed by atoms with Crippen LogP contribution in [-0.2, 0) is 10.0 Å². The predicted molar refractivity (Wildman–Crippen MR) is 108 cm³/mol. The molecule has 1 aliphatic heterocycles. The molecule has 5 nitrogen and oxygen atoms in total. The number of nitrogens with zero attached hydrogens (tertiary/aromatic N) is 2. The highest BCUT2D eigenvalue weighted by Crippen LogP contribution is 2.24. The van der Waals surface area contributed by atoms with Gasteiger partial charge in [0.2, 0.25) is 0 Å². The lowest BCUT2D eigenvalue weighted by molar-refractivity contribution is 0.271. The fourth-order valence-corrected chi connectivity index (χ4v) is 4.32. The molecule has 3 rings (SSSR count). The summed E-state index contributed by atoms with van der Waals surface area (Å²) < 4.78 is 27.7. The second kappa shape index (κ2) is 7.86. The minimum atomic E-state index is -3.63. The number of likely N-dealkylation sites (N-methyl/N-ethyl adjacent to an activating group) is 1. The average molecular weight is 394 g/mol. The second-order valence-corrected chi connectivity index (χ2v) is 8.57. The van der Waals surface area contributed by atoms with Gasteiger partial charge < -0.3 is 9.80 Å². The largest absolute Gasteiger partial charge is 0.369 e. The topological polar surface area (TPSA) is 52.6 Å². The summed E-state index contributed by atoms with van der Waals surface area (Å²) in [5.41, 5.74) is 2.40. The van der Waals surface area contributed by atoms with Crippen LogP contribution in [0.25, 0.3) is 0 Å². The van der Waals surface area contributed by atoms with E-state index in [2.05, 4.69) is 21.4 Å². The molecule has 2 aromatic rings. The van der Waals surface area contributed by atoms with Gasteiger partial charge in [-0.1, -0.05) is 18.5 Å². The third-order valence-electron chi connectivity index (χ3n) is 4.74. The van der Waals surface area contributed by atoms with Crippen molar-refractivity contribution in [3.8, 4) is 0 Å². The molecule has 0 atom stereocenters. The highest BCUT2D eigenvalue weighted by Gasteiger charge is 2.17. The Morgan fingerprint density at radius 2 is 1.69 bits per heavy atom. The zero-order valence-electron chi connectivity index (χ0n) is 15.1. The first-order valence-electron chi connectivity index (χ1n) is 8.75. The minimum absolute atomic E-state index is 0.208. The number of piperazine rings is 1. The van der Waals surface area contributed by atoms with Crippen LogP contribution in [0.2, 0.25) is 5.02 Å². The van der Waals surface area contributed by atoms with E-state index in [0.717, 1.165) is 44.0 Å². The van der Waals surface area contributed by atoms with Crippen LogP contribution < -0.4 is 9.62 Å². The lowest BCUT2D eigenvalue weighted by Crippen LogP contribution is -2.46. The van der Waals surface area contributed by atoms with E-state index in [4.69, 9.17) is 11.6 Å². The molecular weight excluding hydrogens is 370 g/mol. The van der Waals surface area contributed by atoms with Crippen molar-refractivity contribution in [2.24, 2.45) is 0 Å². The van der Waals surface area contributed by atoms with E-state index in [-0.39, 0.29) is 4.90 Å². The van der Waals surface area contributed by atoms with E-state index in [0.29, 0.717) is 10.7 Å². The number of sulfonamides is 1. The Morgan fingerprint density at radius 3 is 2.27 bits per heavy atom. The molecule has 1 saturated heterocycles. The molecule has 140 valence electrons. The maximum absolute atomic E-state index is 12.6. The Balaban J connectivity index is 1.70. The second-order valence-electron chi connectivity index (χ2n) is 6.48. The quantitative estimate of drug-likeness (QED) is 0.843. The molecule has 1 aliphatic rings. The molecule has 2 aromatic carbocycles. The fraction of sp³-hybridized carbons (Fsp3) is 0.368. The molecule has 0 bridgehead atoms. The van der Waals surface area contributed by atoms with Gasteiger partial charge in [0, 0.05) is 42.6 Å². The predicted octanol–water partition coefficient (Wildman–Crippen LogP) is 3.59. The van der Waals surface area contributed by atoms with Crippen LogP contribution in [0.5, 0.6) is 0 Å². The molecule has 1 N–H and O–H groups in total. The van der Waals surface area contributed by atoms with Crippen molar-refractivity contribution in [1.82, 2.24) is 4.90 Å². The van der Waals surface area contributed by atoms with E-state index >= 15 is 0 Å². The first kappa shape index (κ1) is 19.0. The third kappa shape index (κ3) is 4.31. The van der Waals surface area contributed by atoms with Gasteiger partial charge in [-0.3, -0.25) is 4.72 Å². The molecule has 0 unspecified atom stereocenters. The van der Waals surface area contributed by atoms with Crippen LogP contribution in [0.4, 0.5) is 11.4 Å².